The maximum Gasteiger partial charge on any atom is 0.286 e. The average Bonchev–Trinajstić information content (AvgIpc) is 3.25. The zero-order chi connectivity index (χ0) is 21.5. The van der Waals surface area contributed by atoms with Gasteiger partial charge in [0.05, 0.1) is 13.7 Å². The van der Waals surface area contributed by atoms with E-state index in [9.17, 15) is 14.0 Å². The Morgan fingerprint density at radius 2 is 1.73 bits per heavy atom. The number of halogens is 1. The van der Waals surface area contributed by atoms with Crippen LogP contribution in [0.2, 0.25) is 0 Å². The van der Waals surface area contributed by atoms with Crippen LogP contribution in [0.3, 0.4) is 0 Å². The molecule has 0 fully saturated rings. The number of nitrogens with one attached hydrogen (secondary N) is 2. The van der Waals surface area contributed by atoms with Gasteiger partial charge >= 0.3 is 0 Å². The van der Waals surface area contributed by atoms with E-state index in [2.05, 4.69) is 20.8 Å². The zero-order valence-electron chi connectivity index (χ0n) is 16.3. The molecule has 0 bridgehead atoms. The highest BCUT2D eigenvalue weighted by molar-refractivity contribution is 7.15. The number of hydrogen-bond acceptors (Lipinski definition) is 7. The van der Waals surface area contributed by atoms with Gasteiger partial charge < -0.3 is 20.1 Å². The van der Waals surface area contributed by atoms with Crippen molar-refractivity contribution in [1.82, 2.24) is 15.5 Å². The first-order chi connectivity index (χ1) is 14.5. The summed E-state index contributed by atoms with van der Waals surface area (Å²) in [5.41, 5.74) is 1.22. The summed E-state index contributed by atoms with van der Waals surface area (Å²) in [6, 6.07) is 10.7. The molecule has 0 aliphatic heterocycles. The molecule has 1 heterocycles. The van der Waals surface area contributed by atoms with Gasteiger partial charge in [-0.3, -0.25) is 9.59 Å². The van der Waals surface area contributed by atoms with E-state index in [0.29, 0.717) is 23.8 Å². The van der Waals surface area contributed by atoms with Crippen LogP contribution >= 0.6 is 11.3 Å². The van der Waals surface area contributed by atoms with Crippen LogP contribution in [0, 0.1) is 5.82 Å². The van der Waals surface area contributed by atoms with Crippen LogP contribution in [0.5, 0.6) is 11.5 Å². The fraction of sp³-hybridized carbons (Fsp3) is 0.200. The molecule has 0 spiro atoms. The van der Waals surface area contributed by atoms with Gasteiger partial charge in [-0.15, -0.1) is 10.2 Å². The second-order valence-electron chi connectivity index (χ2n) is 5.97. The third-order valence-electron chi connectivity index (χ3n) is 3.90. The normalized spacial score (nSPS) is 10.4. The van der Waals surface area contributed by atoms with Gasteiger partial charge in [-0.05, 0) is 48.9 Å². The number of hydrogen-bond donors (Lipinski definition) is 2. The molecule has 30 heavy (non-hydrogen) atoms. The molecular weight excluding hydrogens is 411 g/mol. The topological polar surface area (TPSA) is 102 Å². The number of methoxy groups -OCH3 is 1. The van der Waals surface area contributed by atoms with E-state index < -0.39 is 17.6 Å². The summed E-state index contributed by atoms with van der Waals surface area (Å²) in [6.45, 7) is 2.63. The highest BCUT2D eigenvalue weighted by atomic mass is 32.1. The van der Waals surface area contributed by atoms with E-state index in [1.807, 2.05) is 13.0 Å². The molecule has 0 aliphatic rings. The number of rotatable bonds is 8. The van der Waals surface area contributed by atoms with Gasteiger partial charge in [0.2, 0.25) is 10.0 Å². The van der Waals surface area contributed by atoms with Crippen LogP contribution in [0.25, 0.3) is 0 Å². The number of nitrogens with zero attached hydrogens (tertiary/aromatic N) is 2. The zero-order valence-corrected chi connectivity index (χ0v) is 17.1. The summed E-state index contributed by atoms with van der Waals surface area (Å²) < 4.78 is 23.7. The Balaban J connectivity index is 1.59. The van der Waals surface area contributed by atoms with Crippen LogP contribution in [0.1, 0.15) is 32.1 Å². The molecule has 10 heteroatoms. The van der Waals surface area contributed by atoms with Crippen LogP contribution in [-0.4, -0.2) is 35.7 Å². The Morgan fingerprint density at radius 1 is 1.03 bits per heavy atom. The van der Waals surface area contributed by atoms with E-state index in [4.69, 9.17) is 9.47 Å². The van der Waals surface area contributed by atoms with Crippen molar-refractivity contribution in [3.8, 4) is 11.5 Å². The summed E-state index contributed by atoms with van der Waals surface area (Å²) in [7, 11) is 1.54. The maximum atomic E-state index is 12.9. The molecule has 156 valence electrons. The molecule has 0 radical (unpaired) electrons. The quantitative estimate of drug-likeness (QED) is 0.569. The van der Waals surface area contributed by atoms with Crippen LogP contribution in [0.4, 0.5) is 10.1 Å². The fourth-order valence-electron chi connectivity index (χ4n) is 2.48. The van der Waals surface area contributed by atoms with Gasteiger partial charge in [-0.25, -0.2) is 4.39 Å². The third kappa shape index (κ3) is 5.29. The lowest BCUT2D eigenvalue weighted by molar-refractivity contribution is 0.0948. The Labute approximate surface area is 176 Å². The van der Waals surface area contributed by atoms with E-state index in [1.54, 1.807) is 19.2 Å². The van der Waals surface area contributed by atoms with E-state index in [1.165, 1.54) is 24.3 Å². The Bertz CT molecular complexity index is 1040. The number of carbonyl (C=O) groups is 2. The molecule has 0 unspecified atom stereocenters. The number of ether oxygens (including phenoxy) is 2. The maximum absolute atomic E-state index is 12.9. The molecule has 8 nitrogen and oxygen atoms in total. The predicted molar refractivity (Wildman–Crippen MR) is 110 cm³/mol. The Hall–Kier alpha value is -3.53. The number of anilines is 1. The minimum Gasteiger partial charge on any atom is -0.493 e. The van der Waals surface area contributed by atoms with Crippen molar-refractivity contribution in [2.75, 3.05) is 19.0 Å². The SMILES string of the molecule is CCOc1ccc(CNC(=O)c2nnc(C(=O)Nc3ccc(F)cc3)s2)cc1OC. The lowest BCUT2D eigenvalue weighted by Crippen LogP contribution is -2.22. The molecule has 3 rings (SSSR count). The first-order valence-corrected chi connectivity index (χ1v) is 9.80. The Kier molecular flexibility index (Phi) is 6.91. The Morgan fingerprint density at radius 3 is 2.40 bits per heavy atom. The van der Waals surface area contributed by atoms with Crippen LogP contribution in [-0.2, 0) is 6.54 Å². The van der Waals surface area contributed by atoms with Gasteiger partial charge in [0.1, 0.15) is 5.82 Å². The van der Waals surface area contributed by atoms with Crippen molar-refractivity contribution in [2.45, 2.75) is 13.5 Å². The van der Waals surface area contributed by atoms with Crippen LogP contribution in [0.15, 0.2) is 42.5 Å². The van der Waals surface area contributed by atoms with Crippen molar-refractivity contribution in [3.05, 3.63) is 63.9 Å². The standard InChI is InChI=1S/C20H19FN4O4S/c1-3-29-15-9-4-12(10-16(15)28-2)11-22-17(26)19-24-25-20(30-19)18(27)23-14-7-5-13(21)6-8-14/h4-10H,3,11H2,1-2H3,(H,22,26)(H,23,27). The molecule has 2 N–H and O–H groups in total. The van der Waals surface area contributed by atoms with Crippen molar-refractivity contribution in [3.63, 3.8) is 0 Å². The predicted octanol–water partition coefficient (Wildman–Crippen LogP) is 3.27. The molecular formula is C20H19FN4O4S. The van der Waals surface area contributed by atoms with Gasteiger partial charge in [0.15, 0.2) is 11.5 Å². The summed E-state index contributed by atoms with van der Waals surface area (Å²) in [4.78, 5) is 24.6. The van der Waals surface area contributed by atoms with E-state index in [-0.39, 0.29) is 16.6 Å². The van der Waals surface area contributed by atoms with Gasteiger partial charge in [-0.2, -0.15) is 0 Å². The number of amides is 2. The van der Waals surface area contributed by atoms with E-state index in [0.717, 1.165) is 16.9 Å². The monoisotopic (exact) mass is 430 g/mol. The lowest BCUT2D eigenvalue weighted by Gasteiger charge is -2.11. The van der Waals surface area contributed by atoms with Gasteiger partial charge in [0, 0.05) is 12.2 Å². The van der Waals surface area contributed by atoms with E-state index >= 15 is 0 Å². The summed E-state index contributed by atoms with van der Waals surface area (Å²) >= 11 is 0.858. The highest BCUT2D eigenvalue weighted by Crippen LogP contribution is 2.28. The van der Waals surface area contributed by atoms with Gasteiger partial charge in [0.25, 0.3) is 11.8 Å². The largest absolute Gasteiger partial charge is 0.493 e. The number of benzene rings is 2. The minimum atomic E-state index is -0.533. The third-order valence-corrected chi connectivity index (χ3v) is 4.82. The average molecular weight is 430 g/mol. The van der Waals surface area contributed by atoms with Crippen LogP contribution < -0.4 is 20.1 Å². The van der Waals surface area contributed by atoms with Crippen molar-refractivity contribution in [1.29, 1.82) is 0 Å². The lowest BCUT2D eigenvalue weighted by atomic mass is 10.2. The summed E-state index contributed by atoms with van der Waals surface area (Å²) in [6.07, 6.45) is 0. The summed E-state index contributed by atoms with van der Waals surface area (Å²) in [5, 5.41) is 12.9. The molecule has 0 aliphatic carbocycles. The summed E-state index contributed by atoms with van der Waals surface area (Å²) in [5.74, 6) is -0.209. The van der Waals surface area contributed by atoms with Gasteiger partial charge in [-0.1, -0.05) is 17.4 Å². The number of carbonyl (C=O) groups excluding carboxylic acids is 2. The fourth-order valence-corrected chi connectivity index (χ4v) is 3.13. The van der Waals surface area contributed by atoms with Crippen molar-refractivity contribution < 1.29 is 23.5 Å². The molecule has 0 atom stereocenters. The highest BCUT2D eigenvalue weighted by Gasteiger charge is 2.18. The second kappa shape index (κ2) is 9.79. The first kappa shape index (κ1) is 21.2. The molecule has 1 aromatic heterocycles. The molecule has 0 saturated carbocycles. The first-order valence-electron chi connectivity index (χ1n) is 8.98. The second-order valence-corrected chi connectivity index (χ2v) is 6.95. The molecule has 2 amide bonds. The molecule has 2 aromatic carbocycles. The minimum absolute atomic E-state index is 0.0206. The molecule has 0 saturated heterocycles. The number of aromatic nitrogens is 2. The smallest absolute Gasteiger partial charge is 0.286 e. The van der Waals surface area contributed by atoms with Crippen molar-refractivity contribution in [2.24, 2.45) is 0 Å². The van der Waals surface area contributed by atoms with Crippen molar-refractivity contribution >= 4 is 28.8 Å². The molecule has 3 aromatic rings.